The van der Waals surface area contributed by atoms with Crippen molar-refractivity contribution in [1.82, 2.24) is 15.5 Å². The summed E-state index contributed by atoms with van der Waals surface area (Å²) in [5.74, 6) is 2.57. The highest BCUT2D eigenvalue weighted by molar-refractivity contribution is 5.76. The summed E-state index contributed by atoms with van der Waals surface area (Å²) >= 11 is 0. The summed E-state index contributed by atoms with van der Waals surface area (Å²) in [5, 5.41) is 6.86. The van der Waals surface area contributed by atoms with Gasteiger partial charge in [-0.1, -0.05) is 17.3 Å². The molecule has 2 aromatic carbocycles. The number of benzene rings is 2. The van der Waals surface area contributed by atoms with Crippen LogP contribution < -0.4 is 14.8 Å². The summed E-state index contributed by atoms with van der Waals surface area (Å²) in [6, 6.07) is 15.1. The molecule has 3 aromatic rings. The largest absolute Gasteiger partial charge is 0.497 e. The number of hydrogen-bond acceptors (Lipinski definition) is 6. The molecule has 3 rings (SSSR count). The lowest BCUT2D eigenvalue weighted by Gasteiger charge is -2.05. The SMILES string of the molecule is COc1ccc(CCC(=O)NCCc2nc(-c3ccc(OC)cc3)no2)cc1. The Balaban J connectivity index is 1.41. The Morgan fingerprint density at radius 1 is 0.964 bits per heavy atom. The van der Waals surface area contributed by atoms with Crippen LogP contribution in [-0.4, -0.2) is 36.8 Å². The predicted molar refractivity (Wildman–Crippen MR) is 104 cm³/mol. The van der Waals surface area contributed by atoms with E-state index in [9.17, 15) is 4.79 Å². The van der Waals surface area contributed by atoms with Gasteiger partial charge in [0.05, 0.1) is 14.2 Å². The maximum absolute atomic E-state index is 12.0. The van der Waals surface area contributed by atoms with Crippen LogP contribution in [-0.2, 0) is 17.6 Å². The Morgan fingerprint density at radius 2 is 1.61 bits per heavy atom. The minimum Gasteiger partial charge on any atom is -0.497 e. The molecule has 7 nitrogen and oxygen atoms in total. The number of methoxy groups -OCH3 is 2. The number of nitrogens with zero attached hydrogens (tertiary/aromatic N) is 2. The first-order valence-corrected chi connectivity index (χ1v) is 9.04. The second kappa shape index (κ2) is 9.55. The van der Waals surface area contributed by atoms with Crippen molar-refractivity contribution >= 4 is 5.91 Å². The molecule has 0 fully saturated rings. The van der Waals surface area contributed by atoms with Gasteiger partial charge in [-0.3, -0.25) is 4.79 Å². The third-order valence-corrected chi connectivity index (χ3v) is 4.28. The maximum Gasteiger partial charge on any atom is 0.228 e. The zero-order valence-corrected chi connectivity index (χ0v) is 16.0. The minimum atomic E-state index is -0.00860. The van der Waals surface area contributed by atoms with Crippen molar-refractivity contribution in [3.05, 3.63) is 60.0 Å². The van der Waals surface area contributed by atoms with Crippen molar-refractivity contribution in [3.63, 3.8) is 0 Å². The topological polar surface area (TPSA) is 86.5 Å². The third kappa shape index (κ3) is 5.33. The van der Waals surface area contributed by atoms with Gasteiger partial charge in [0.1, 0.15) is 11.5 Å². The maximum atomic E-state index is 12.0. The van der Waals surface area contributed by atoms with Crippen LogP contribution in [0.4, 0.5) is 0 Å². The van der Waals surface area contributed by atoms with E-state index in [1.165, 1.54) is 0 Å². The van der Waals surface area contributed by atoms with E-state index in [0.29, 0.717) is 37.5 Å². The smallest absolute Gasteiger partial charge is 0.228 e. The van der Waals surface area contributed by atoms with Gasteiger partial charge in [0.2, 0.25) is 17.6 Å². The van der Waals surface area contributed by atoms with Gasteiger partial charge in [0.15, 0.2) is 0 Å². The van der Waals surface area contributed by atoms with Crippen LogP contribution in [0.2, 0.25) is 0 Å². The summed E-state index contributed by atoms with van der Waals surface area (Å²) in [5.41, 5.74) is 1.94. The average Bonchev–Trinajstić information content (AvgIpc) is 3.21. The first-order chi connectivity index (χ1) is 13.7. The fraction of sp³-hybridized carbons (Fsp3) is 0.286. The molecule has 0 aliphatic carbocycles. The highest BCUT2D eigenvalue weighted by Gasteiger charge is 2.09. The summed E-state index contributed by atoms with van der Waals surface area (Å²) in [6.07, 6.45) is 1.59. The van der Waals surface area contributed by atoms with Crippen LogP contribution in [0.3, 0.4) is 0 Å². The number of rotatable bonds is 9. The van der Waals surface area contributed by atoms with Gasteiger partial charge in [0, 0.05) is 24.9 Å². The number of carbonyl (C=O) groups excluding carboxylic acids is 1. The summed E-state index contributed by atoms with van der Waals surface area (Å²) in [4.78, 5) is 16.4. The van der Waals surface area contributed by atoms with E-state index in [-0.39, 0.29) is 5.91 Å². The van der Waals surface area contributed by atoms with Crippen molar-refractivity contribution in [2.24, 2.45) is 0 Å². The van der Waals surface area contributed by atoms with Crippen molar-refractivity contribution in [1.29, 1.82) is 0 Å². The van der Waals surface area contributed by atoms with Gasteiger partial charge in [-0.15, -0.1) is 0 Å². The lowest BCUT2D eigenvalue weighted by atomic mass is 10.1. The number of nitrogens with one attached hydrogen (secondary N) is 1. The monoisotopic (exact) mass is 381 g/mol. The molecule has 0 unspecified atom stereocenters. The Hall–Kier alpha value is -3.35. The van der Waals surface area contributed by atoms with Crippen LogP contribution in [0, 0.1) is 0 Å². The summed E-state index contributed by atoms with van der Waals surface area (Å²) in [6.45, 7) is 0.450. The molecule has 1 N–H and O–H groups in total. The number of hydrogen-bond donors (Lipinski definition) is 1. The van der Waals surface area contributed by atoms with Gasteiger partial charge in [-0.2, -0.15) is 4.98 Å². The number of amides is 1. The number of carbonyl (C=O) groups is 1. The predicted octanol–water partition coefficient (Wildman–Crippen LogP) is 3.05. The van der Waals surface area contributed by atoms with Gasteiger partial charge >= 0.3 is 0 Å². The van der Waals surface area contributed by atoms with Crippen LogP contribution in [0.1, 0.15) is 17.9 Å². The quantitative estimate of drug-likeness (QED) is 0.613. The fourth-order valence-electron chi connectivity index (χ4n) is 2.66. The van der Waals surface area contributed by atoms with E-state index in [2.05, 4.69) is 15.5 Å². The van der Waals surface area contributed by atoms with Gasteiger partial charge in [0.25, 0.3) is 0 Å². The van der Waals surface area contributed by atoms with Gasteiger partial charge in [-0.05, 0) is 48.4 Å². The molecule has 28 heavy (non-hydrogen) atoms. The fourth-order valence-corrected chi connectivity index (χ4v) is 2.66. The summed E-state index contributed by atoms with van der Waals surface area (Å²) < 4.78 is 15.5. The van der Waals surface area contributed by atoms with E-state index < -0.39 is 0 Å². The van der Waals surface area contributed by atoms with E-state index in [4.69, 9.17) is 14.0 Å². The molecule has 0 radical (unpaired) electrons. The van der Waals surface area contributed by atoms with Crippen molar-refractivity contribution < 1.29 is 18.8 Å². The van der Waals surface area contributed by atoms with Crippen LogP contribution >= 0.6 is 0 Å². The van der Waals surface area contributed by atoms with Crippen molar-refractivity contribution in [3.8, 4) is 22.9 Å². The van der Waals surface area contributed by atoms with E-state index in [1.807, 2.05) is 48.5 Å². The Bertz CT molecular complexity index is 889. The van der Waals surface area contributed by atoms with Crippen molar-refractivity contribution in [2.75, 3.05) is 20.8 Å². The first-order valence-electron chi connectivity index (χ1n) is 9.04. The van der Waals surface area contributed by atoms with E-state index in [0.717, 1.165) is 22.6 Å². The highest BCUT2D eigenvalue weighted by atomic mass is 16.5. The summed E-state index contributed by atoms with van der Waals surface area (Å²) in [7, 11) is 3.25. The second-order valence-electron chi connectivity index (χ2n) is 6.19. The first kappa shape index (κ1) is 19.4. The molecule has 0 saturated heterocycles. The number of aryl methyl sites for hydroxylation is 1. The third-order valence-electron chi connectivity index (χ3n) is 4.28. The van der Waals surface area contributed by atoms with Crippen LogP contribution in [0.15, 0.2) is 53.1 Å². The molecular weight excluding hydrogens is 358 g/mol. The average molecular weight is 381 g/mol. The normalized spacial score (nSPS) is 10.5. The molecule has 0 atom stereocenters. The molecule has 7 heteroatoms. The van der Waals surface area contributed by atoms with E-state index in [1.54, 1.807) is 14.2 Å². The molecular formula is C21H23N3O4. The zero-order valence-electron chi connectivity index (χ0n) is 16.0. The lowest BCUT2D eigenvalue weighted by molar-refractivity contribution is -0.121. The molecule has 0 aliphatic heterocycles. The Kier molecular flexibility index (Phi) is 6.62. The molecule has 1 heterocycles. The van der Waals surface area contributed by atoms with Gasteiger partial charge in [-0.25, -0.2) is 0 Å². The zero-order chi connectivity index (χ0) is 19.8. The minimum absolute atomic E-state index is 0.00860. The second-order valence-corrected chi connectivity index (χ2v) is 6.19. The van der Waals surface area contributed by atoms with Crippen molar-refractivity contribution in [2.45, 2.75) is 19.3 Å². The lowest BCUT2D eigenvalue weighted by Crippen LogP contribution is -2.25. The molecule has 1 amide bonds. The molecule has 0 bridgehead atoms. The van der Waals surface area contributed by atoms with Crippen LogP contribution in [0.25, 0.3) is 11.4 Å². The molecule has 146 valence electrons. The standard InChI is InChI=1S/C21H23N3O4/c1-26-17-8-3-15(4-9-17)5-12-19(25)22-14-13-20-23-21(24-28-20)16-6-10-18(27-2)11-7-16/h3-4,6-11H,5,12-14H2,1-2H3,(H,22,25). The molecule has 0 saturated carbocycles. The molecule has 0 spiro atoms. The van der Waals surface area contributed by atoms with Gasteiger partial charge < -0.3 is 19.3 Å². The Morgan fingerprint density at radius 3 is 2.25 bits per heavy atom. The number of ether oxygens (including phenoxy) is 2. The van der Waals surface area contributed by atoms with Crippen LogP contribution in [0.5, 0.6) is 11.5 Å². The number of aromatic nitrogens is 2. The molecule has 0 aliphatic rings. The van der Waals surface area contributed by atoms with E-state index >= 15 is 0 Å². The molecule has 1 aromatic heterocycles. The highest BCUT2D eigenvalue weighted by Crippen LogP contribution is 2.19. The Labute approximate surface area is 163 Å².